The van der Waals surface area contributed by atoms with Crippen LogP contribution in [0.3, 0.4) is 0 Å². The highest BCUT2D eigenvalue weighted by atomic mass is 79.9. The maximum atomic E-state index is 12.7. The van der Waals surface area contributed by atoms with Crippen LogP contribution in [0.25, 0.3) is 0 Å². The molecule has 2 rings (SSSR count). The molecule has 0 bridgehead atoms. The number of alkyl halides is 3. The first-order valence-corrected chi connectivity index (χ1v) is 8.28. The van der Waals surface area contributed by atoms with Crippen LogP contribution in [-0.4, -0.2) is 38.3 Å². The maximum Gasteiger partial charge on any atom is 0.417 e. The van der Waals surface area contributed by atoms with Crippen molar-refractivity contribution in [2.24, 2.45) is 0 Å². The van der Waals surface area contributed by atoms with Gasteiger partial charge in [-0.15, -0.1) is 0 Å². The Kier molecular flexibility index (Phi) is 7.54. The summed E-state index contributed by atoms with van der Waals surface area (Å²) in [5, 5.41) is 3.17. The number of benzene rings is 1. The molecule has 0 atom stereocenters. The van der Waals surface area contributed by atoms with E-state index in [9.17, 15) is 18.0 Å². The summed E-state index contributed by atoms with van der Waals surface area (Å²) in [6, 6.07) is 4.38. The summed E-state index contributed by atoms with van der Waals surface area (Å²) >= 11 is 2.94. The number of hydrogen-bond acceptors (Lipinski definition) is 4. The van der Waals surface area contributed by atoms with E-state index < -0.39 is 11.7 Å². The van der Waals surface area contributed by atoms with Crippen molar-refractivity contribution in [1.82, 2.24) is 5.32 Å². The fourth-order valence-electron chi connectivity index (χ4n) is 1.99. The second-order valence-electron chi connectivity index (χ2n) is 6.23. The molecule has 0 unspecified atom stereocenters. The first-order chi connectivity index (χ1) is 11.0. The lowest BCUT2D eigenvalue weighted by molar-refractivity contribution is -0.139. The molecule has 1 heterocycles. The van der Waals surface area contributed by atoms with Gasteiger partial charge in [-0.05, 0) is 39.0 Å². The molecule has 0 spiro atoms. The third kappa shape index (κ3) is 7.09. The highest BCUT2D eigenvalue weighted by Gasteiger charge is 2.33. The number of rotatable bonds is 2. The summed E-state index contributed by atoms with van der Waals surface area (Å²) in [7, 11) is 0. The normalized spacial score (nSPS) is 15.4. The van der Waals surface area contributed by atoms with Crippen LogP contribution in [0.4, 0.5) is 18.9 Å². The van der Waals surface area contributed by atoms with E-state index in [1.54, 1.807) is 6.07 Å². The van der Waals surface area contributed by atoms with Crippen molar-refractivity contribution >= 4 is 28.1 Å². The molecule has 0 amide bonds. The lowest BCUT2D eigenvalue weighted by Crippen LogP contribution is -2.43. The van der Waals surface area contributed by atoms with Gasteiger partial charge in [0.15, 0.2) is 0 Å². The van der Waals surface area contributed by atoms with Gasteiger partial charge >= 0.3 is 6.18 Å². The van der Waals surface area contributed by atoms with Crippen molar-refractivity contribution in [2.45, 2.75) is 32.5 Å². The number of ether oxygens (including phenoxy) is 1. The van der Waals surface area contributed by atoms with E-state index in [0.29, 0.717) is 12.2 Å². The van der Waals surface area contributed by atoms with Crippen LogP contribution < -0.4 is 10.2 Å². The Morgan fingerprint density at radius 3 is 2.21 bits per heavy atom. The van der Waals surface area contributed by atoms with Crippen LogP contribution in [0, 0.1) is 0 Å². The van der Waals surface area contributed by atoms with Crippen LogP contribution in [0.1, 0.15) is 26.3 Å². The van der Waals surface area contributed by atoms with Crippen LogP contribution >= 0.6 is 15.9 Å². The van der Waals surface area contributed by atoms with E-state index in [1.165, 1.54) is 12.1 Å². The zero-order valence-electron chi connectivity index (χ0n) is 13.9. The fourth-order valence-corrected chi connectivity index (χ4v) is 2.47. The number of nitrogens with one attached hydrogen (secondary N) is 1. The monoisotopic (exact) mass is 410 g/mol. The van der Waals surface area contributed by atoms with E-state index in [0.717, 1.165) is 26.2 Å². The second-order valence-corrected chi connectivity index (χ2v) is 7.08. The van der Waals surface area contributed by atoms with Gasteiger partial charge in [0.05, 0.1) is 5.56 Å². The standard InChI is InChI=1S/C11H12BrF3N2.C5H10O2/c12-10-2-1-8(7-9(10)11(13,14)15)17-5-3-16-4-6-17;1-5(2,3)7-4-6/h1-2,7,16H,3-6H2;4H,1-3H3. The first-order valence-electron chi connectivity index (χ1n) is 7.48. The predicted molar refractivity (Wildman–Crippen MR) is 91.1 cm³/mol. The molecular weight excluding hydrogens is 389 g/mol. The zero-order chi connectivity index (χ0) is 18.4. The summed E-state index contributed by atoms with van der Waals surface area (Å²) < 4.78 is 42.8. The van der Waals surface area contributed by atoms with Crippen LogP contribution in [0.2, 0.25) is 0 Å². The highest BCUT2D eigenvalue weighted by molar-refractivity contribution is 9.10. The molecule has 4 nitrogen and oxygen atoms in total. The molecule has 0 aliphatic carbocycles. The van der Waals surface area contributed by atoms with E-state index in [2.05, 4.69) is 26.0 Å². The quantitative estimate of drug-likeness (QED) is 0.752. The van der Waals surface area contributed by atoms with Gasteiger partial charge in [-0.3, -0.25) is 4.79 Å². The molecule has 1 N–H and O–H groups in total. The Labute approximate surface area is 148 Å². The number of carbonyl (C=O) groups is 1. The largest absolute Gasteiger partial charge is 0.462 e. The van der Waals surface area contributed by atoms with Crippen molar-refractivity contribution in [2.75, 3.05) is 31.1 Å². The molecule has 0 radical (unpaired) electrons. The first kappa shape index (κ1) is 20.8. The highest BCUT2D eigenvalue weighted by Crippen LogP contribution is 2.37. The van der Waals surface area contributed by atoms with Gasteiger partial charge in [0.2, 0.25) is 0 Å². The summed E-state index contributed by atoms with van der Waals surface area (Å²) in [5.41, 5.74) is -0.308. The Bertz CT molecular complexity index is 539. The summed E-state index contributed by atoms with van der Waals surface area (Å²) in [5.74, 6) is 0. The van der Waals surface area contributed by atoms with Crippen LogP contribution in [0.5, 0.6) is 0 Å². The van der Waals surface area contributed by atoms with Gasteiger partial charge < -0.3 is 15.0 Å². The summed E-state index contributed by atoms with van der Waals surface area (Å²) in [6.07, 6.45) is -4.32. The number of hydrogen-bond donors (Lipinski definition) is 1. The van der Waals surface area contributed by atoms with Crippen molar-refractivity contribution in [3.05, 3.63) is 28.2 Å². The minimum atomic E-state index is -4.32. The van der Waals surface area contributed by atoms with Crippen molar-refractivity contribution in [1.29, 1.82) is 0 Å². The van der Waals surface area contributed by atoms with Crippen molar-refractivity contribution < 1.29 is 22.7 Å². The van der Waals surface area contributed by atoms with Gasteiger partial charge in [0, 0.05) is 36.3 Å². The Morgan fingerprint density at radius 2 is 1.79 bits per heavy atom. The average molecular weight is 411 g/mol. The number of piperazine rings is 1. The van der Waals surface area contributed by atoms with Gasteiger partial charge in [-0.1, -0.05) is 15.9 Å². The molecule has 1 aromatic carbocycles. The second kappa shape index (κ2) is 8.71. The SMILES string of the molecule is CC(C)(C)OC=O.FC(F)(F)c1cc(N2CCNCC2)ccc1Br. The maximum absolute atomic E-state index is 12.7. The fraction of sp³-hybridized carbons (Fsp3) is 0.562. The number of carbonyl (C=O) groups excluding carboxylic acids is 1. The van der Waals surface area contributed by atoms with E-state index in [4.69, 9.17) is 0 Å². The van der Waals surface area contributed by atoms with Crippen molar-refractivity contribution in [3.63, 3.8) is 0 Å². The molecule has 8 heteroatoms. The van der Waals surface area contributed by atoms with Gasteiger partial charge in [0.25, 0.3) is 6.47 Å². The Balaban J connectivity index is 0.000000351. The molecule has 1 aromatic rings. The molecule has 136 valence electrons. The lowest BCUT2D eigenvalue weighted by atomic mass is 10.1. The number of anilines is 1. The summed E-state index contributed by atoms with van der Waals surface area (Å²) in [4.78, 5) is 11.6. The summed E-state index contributed by atoms with van der Waals surface area (Å²) in [6.45, 7) is 9.00. The van der Waals surface area contributed by atoms with E-state index >= 15 is 0 Å². The molecule has 1 saturated heterocycles. The molecule has 1 aliphatic heterocycles. The van der Waals surface area contributed by atoms with E-state index in [-0.39, 0.29) is 10.1 Å². The molecule has 0 saturated carbocycles. The predicted octanol–water partition coefficient (Wildman–Crippen LogP) is 3.84. The zero-order valence-corrected chi connectivity index (χ0v) is 15.5. The molecule has 1 fully saturated rings. The molecule has 0 aromatic heterocycles. The van der Waals surface area contributed by atoms with Crippen LogP contribution in [-0.2, 0) is 15.7 Å². The smallest absolute Gasteiger partial charge is 0.417 e. The van der Waals surface area contributed by atoms with Crippen molar-refractivity contribution in [3.8, 4) is 0 Å². The number of halogens is 4. The third-order valence-corrected chi connectivity index (χ3v) is 3.83. The lowest BCUT2D eigenvalue weighted by Gasteiger charge is -2.30. The minimum Gasteiger partial charge on any atom is -0.462 e. The minimum absolute atomic E-state index is 0.0869. The molecule has 24 heavy (non-hydrogen) atoms. The van der Waals surface area contributed by atoms with Gasteiger partial charge in [-0.25, -0.2) is 0 Å². The topological polar surface area (TPSA) is 41.6 Å². The van der Waals surface area contributed by atoms with E-state index in [1.807, 2.05) is 25.7 Å². The van der Waals surface area contributed by atoms with Crippen LogP contribution in [0.15, 0.2) is 22.7 Å². The van der Waals surface area contributed by atoms with Gasteiger partial charge in [-0.2, -0.15) is 13.2 Å². The third-order valence-electron chi connectivity index (χ3n) is 3.14. The molecule has 1 aliphatic rings. The average Bonchev–Trinajstić information content (AvgIpc) is 2.47. The molecular formula is C16H22BrF3N2O2. The Morgan fingerprint density at radius 1 is 1.21 bits per heavy atom. The Hall–Kier alpha value is -1.28. The number of nitrogens with zero attached hydrogens (tertiary/aromatic N) is 1. The van der Waals surface area contributed by atoms with Gasteiger partial charge in [0.1, 0.15) is 5.60 Å².